The SMILES string of the molecule is CC.CCCCc1cc(C(=O)O)cc2nnc(C)n12. The Balaban J connectivity index is 0.000000861. The van der Waals surface area contributed by atoms with Crippen molar-refractivity contribution in [3.05, 3.63) is 29.2 Å². The quantitative estimate of drug-likeness (QED) is 0.920. The number of rotatable bonds is 4. The molecule has 0 aliphatic heterocycles. The summed E-state index contributed by atoms with van der Waals surface area (Å²) in [6.45, 7) is 7.98. The lowest BCUT2D eigenvalue weighted by molar-refractivity contribution is 0.0696. The van der Waals surface area contributed by atoms with E-state index in [0.717, 1.165) is 30.8 Å². The second-order valence-corrected chi connectivity index (χ2v) is 4.08. The summed E-state index contributed by atoms with van der Waals surface area (Å²) in [5.41, 5.74) is 1.84. The molecule has 0 amide bonds. The molecule has 0 aliphatic carbocycles. The summed E-state index contributed by atoms with van der Waals surface area (Å²) in [7, 11) is 0. The van der Waals surface area contributed by atoms with Crippen LogP contribution < -0.4 is 0 Å². The van der Waals surface area contributed by atoms with Gasteiger partial charge in [0.2, 0.25) is 0 Å². The van der Waals surface area contributed by atoms with Crippen LogP contribution in [-0.2, 0) is 6.42 Å². The zero-order valence-electron chi connectivity index (χ0n) is 12.0. The number of carbonyl (C=O) groups is 1. The molecule has 0 atom stereocenters. The molecule has 0 bridgehead atoms. The standard InChI is InChI=1S/C12H15N3O2.C2H6/c1-3-4-5-10-6-9(12(16)17)7-11-14-13-8(2)15(10)11;1-2/h6-7H,3-5H2,1-2H3,(H,16,17);1-2H3. The van der Waals surface area contributed by atoms with Crippen molar-refractivity contribution in [1.82, 2.24) is 14.6 Å². The molecule has 2 rings (SSSR count). The van der Waals surface area contributed by atoms with Gasteiger partial charge in [-0.2, -0.15) is 0 Å². The predicted molar refractivity (Wildman–Crippen MR) is 74.6 cm³/mol. The number of fused-ring (bicyclic) bond motifs is 1. The number of carboxylic acids is 1. The topological polar surface area (TPSA) is 67.5 Å². The molecule has 0 saturated carbocycles. The highest BCUT2D eigenvalue weighted by atomic mass is 16.4. The summed E-state index contributed by atoms with van der Waals surface area (Å²) in [4.78, 5) is 11.0. The fraction of sp³-hybridized carbons (Fsp3) is 0.500. The highest BCUT2D eigenvalue weighted by Gasteiger charge is 2.11. The maximum atomic E-state index is 11.0. The van der Waals surface area contributed by atoms with Crippen LogP contribution in [0.1, 0.15) is 55.5 Å². The minimum Gasteiger partial charge on any atom is -0.478 e. The molecule has 0 unspecified atom stereocenters. The van der Waals surface area contributed by atoms with E-state index in [4.69, 9.17) is 5.11 Å². The zero-order chi connectivity index (χ0) is 14.4. The van der Waals surface area contributed by atoms with Crippen LogP contribution in [-0.4, -0.2) is 25.7 Å². The average molecular weight is 263 g/mol. The molecule has 0 aromatic carbocycles. The summed E-state index contributed by atoms with van der Waals surface area (Å²) in [5.74, 6) is -0.131. The number of hydrogen-bond donors (Lipinski definition) is 1. The van der Waals surface area contributed by atoms with Crippen molar-refractivity contribution in [2.75, 3.05) is 0 Å². The number of carboxylic acid groups (broad SMARTS) is 1. The first-order valence-electron chi connectivity index (χ1n) is 6.71. The van der Waals surface area contributed by atoms with Gasteiger partial charge in [-0.25, -0.2) is 4.79 Å². The van der Waals surface area contributed by atoms with Crippen molar-refractivity contribution in [1.29, 1.82) is 0 Å². The van der Waals surface area contributed by atoms with Crippen molar-refractivity contribution in [2.24, 2.45) is 0 Å². The molecule has 0 fully saturated rings. The van der Waals surface area contributed by atoms with Crippen molar-refractivity contribution in [2.45, 2.75) is 47.0 Å². The van der Waals surface area contributed by atoms with Gasteiger partial charge in [-0.1, -0.05) is 27.2 Å². The van der Waals surface area contributed by atoms with Gasteiger partial charge in [0, 0.05) is 5.69 Å². The summed E-state index contributed by atoms with van der Waals surface area (Å²) >= 11 is 0. The minimum atomic E-state index is -0.925. The highest BCUT2D eigenvalue weighted by molar-refractivity contribution is 5.88. The molecule has 2 aromatic rings. The lowest BCUT2D eigenvalue weighted by atomic mass is 10.1. The van der Waals surface area contributed by atoms with E-state index in [-0.39, 0.29) is 5.56 Å². The third kappa shape index (κ3) is 3.30. The van der Waals surface area contributed by atoms with Crippen LogP contribution in [0, 0.1) is 6.92 Å². The lowest BCUT2D eigenvalue weighted by Crippen LogP contribution is -2.04. The van der Waals surface area contributed by atoms with Gasteiger partial charge in [0.05, 0.1) is 5.56 Å². The molecule has 5 heteroatoms. The largest absolute Gasteiger partial charge is 0.478 e. The van der Waals surface area contributed by atoms with E-state index in [9.17, 15) is 4.79 Å². The highest BCUT2D eigenvalue weighted by Crippen LogP contribution is 2.14. The molecular weight excluding hydrogens is 242 g/mol. The van der Waals surface area contributed by atoms with Crippen molar-refractivity contribution >= 4 is 11.6 Å². The molecule has 0 spiro atoms. The Bertz CT molecular complexity index is 561. The van der Waals surface area contributed by atoms with Crippen LogP contribution >= 0.6 is 0 Å². The van der Waals surface area contributed by atoms with E-state index < -0.39 is 5.97 Å². The molecule has 2 aromatic heterocycles. The molecule has 0 saturated heterocycles. The first-order valence-corrected chi connectivity index (χ1v) is 6.71. The number of nitrogens with zero attached hydrogens (tertiary/aromatic N) is 3. The number of aromatic nitrogens is 3. The normalized spacial score (nSPS) is 10.1. The van der Waals surface area contributed by atoms with Crippen molar-refractivity contribution in [3.63, 3.8) is 0 Å². The fourth-order valence-electron chi connectivity index (χ4n) is 1.92. The van der Waals surface area contributed by atoms with E-state index in [1.165, 1.54) is 0 Å². The Morgan fingerprint density at radius 3 is 2.58 bits per heavy atom. The fourth-order valence-corrected chi connectivity index (χ4v) is 1.92. The number of pyridine rings is 1. The van der Waals surface area contributed by atoms with Crippen LogP contribution in [0.5, 0.6) is 0 Å². The first kappa shape index (κ1) is 15.1. The van der Waals surface area contributed by atoms with Gasteiger partial charge in [-0.3, -0.25) is 4.40 Å². The lowest BCUT2D eigenvalue weighted by Gasteiger charge is -2.07. The van der Waals surface area contributed by atoms with Gasteiger partial charge in [-0.15, -0.1) is 10.2 Å². The van der Waals surface area contributed by atoms with Gasteiger partial charge in [0.1, 0.15) is 5.82 Å². The molecule has 2 heterocycles. The van der Waals surface area contributed by atoms with Crippen molar-refractivity contribution < 1.29 is 9.90 Å². The van der Waals surface area contributed by atoms with Crippen LogP contribution in [0.4, 0.5) is 0 Å². The van der Waals surface area contributed by atoms with Gasteiger partial charge < -0.3 is 5.11 Å². The molecule has 0 aliphatic rings. The van der Waals surface area contributed by atoms with E-state index in [0.29, 0.717) is 5.65 Å². The second-order valence-electron chi connectivity index (χ2n) is 4.08. The maximum absolute atomic E-state index is 11.0. The van der Waals surface area contributed by atoms with E-state index in [1.807, 2.05) is 25.2 Å². The Hall–Kier alpha value is -1.91. The second kappa shape index (κ2) is 6.87. The Morgan fingerprint density at radius 1 is 1.32 bits per heavy atom. The van der Waals surface area contributed by atoms with Gasteiger partial charge >= 0.3 is 5.97 Å². The number of hydrogen-bond acceptors (Lipinski definition) is 3. The summed E-state index contributed by atoms with van der Waals surface area (Å²) in [5, 5.41) is 17.0. The van der Waals surface area contributed by atoms with Gasteiger partial charge in [0.15, 0.2) is 5.65 Å². The van der Waals surface area contributed by atoms with Gasteiger partial charge in [-0.05, 0) is 31.9 Å². The molecule has 1 N–H and O–H groups in total. The van der Waals surface area contributed by atoms with Crippen LogP contribution in [0.3, 0.4) is 0 Å². The van der Waals surface area contributed by atoms with E-state index >= 15 is 0 Å². The smallest absolute Gasteiger partial charge is 0.335 e. The third-order valence-electron chi connectivity index (χ3n) is 2.78. The molecule has 0 radical (unpaired) electrons. The van der Waals surface area contributed by atoms with Crippen LogP contribution in [0.25, 0.3) is 5.65 Å². The van der Waals surface area contributed by atoms with Crippen LogP contribution in [0.15, 0.2) is 12.1 Å². The molecular formula is C14H21N3O2. The van der Waals surface area contributed by atoms with Gasteiger partial charge in [0.25, 0.3) is 0 Å². The molecule has 19 heavy (non-hydrogen) atoms. The van der Waals surface area contributed by atoms with E-state index in [2.05, 4.69) is 17.1 Å². The monoisotopic (exact) mass is 263 g/mol. The Kier molecular flexibility index (Phi) is 5.48. The third-order valence-corrected chi connectivity index (χ3v) is 2.78. The summed E-state index contributed by atoms with van der Waals surface area (Å²) < 4.78 is 1.92. The predicted octanol–water partition coefficient (Wildman–Crippen LogP) is 3.10. The van der Waals surface area contributed by atoms with Crippen molar-refractivity contribution in [3.8, 4) is 0 Å². The first-order chi connectivity index (χ1) is 9.13. The number of aryl methyl sites for hydroxylation is 2. The number of aromatic carboxylic acids is 1. The van der Waals surface area contributed by atoms with E-state index in [1.54, 1.807) is 12.1 Å². The molecule has 104 valence electrons. The Labute approximate surface area is 113 Å². The summed E-state index contributed by atoms with van der Waals surface area (Å²) in [6.07, 6.45) is 2.93. The Morgan fingerprint density at radius 2 is 2.00 bits per heavy atom. The van der Waals surface area contributed by atoms with Crippen LogP contribution in [0.2, 0.25) is 0 Å². The average Bonchev–Trinajstić information content (AvgIpc) is 2.80. The minimum absolute atomic E-state index is 0.274. The summed E-state index contributed by atoms with van der Waals surface area (Å²) in [6, 6.07) is 3.26. The number of unbranched alkanes of at least 4 members (excludes halogenated alkanes) is 1. The molecule has 5 nitrogen and oxygen atoms in total. The maximum Gasteiger partial charge on any atom is 0.335 e. The zero-order valence-corrected chi connectivity index (χ0v) is 12.0.